The first-order valence-electron chi connectivity index (χ1n) is 7.07. The molecule has 0 aliphatic rings. The van der Waals surface area contributed by atoms with Gasteiger partial charge in [0.2, 0.25) is 5.91 Å². The van der Waals surface area contributed by atoms with Gasteiger partial charge in [-0.25, -0.2) is 5.84 Å². The molecule has 6 nitrogen and oxygen atoms in total. The van der Waals surface area contributed by atoms with Gasteiger partial charge in [0.05, 0.1) is 6.54 Å². The van der Waals surface area contributed by atoms with Crippen LogP contribution in [0, 0.1) is 0 Å². The van der Waals surface area contributed by atoms with Crippen molar-refractivity contribution in [3.63, 3.8) is 0 Å². The molecule has 0 aliphatic heterocycles. The molecule has 4 N–H and O–H groups in total. The van der Waals surface area contributed by atoms with Crippen LogP contribution in [0.1, 0.15) is 36.7 Å². The quantitative estimate of drug-likeness (QED) is 0.391. The largest absolute Gasteiger partial charge is 0.353 e. The predicted octanol–water partition coefficient (Wildman–Crippen LogP) is 0.637. The SMILES string of the molecule is CCN(CC(=O)NC(C)C)Cc1cccc(C(=O)NN)c1. The fraction of sp³-hybridized carbons (Fsp3) is 0.467. The minimum Gasteiger partial charge on any atom is -0.353 e. The molecule has 0 aliphatic carbocycles. The van der Waals surface area contributed by atoms with Crippen LogP contribution in [-0.4, -0.2) is 35.8 Å². The highest BCUT2D eigenvalue weighted by Crippen LogP contribution is 2.08. The molecular weight excluding hydrogens is 268 g/mol. The second-order valence-electron chi connectivity index (χ2n) is 5.20. The molecule has 6 heteroatoms. The Hall–Kier alpha value is -1.92. The monoisotopic (exact) mass is 292 g/mol. The molecule has 1 aromatic rings. The first-order chi connectivity index (χ1) is 9.96. The van der Waals surface area contributed by atoms with Crippen molar-refractivity contribution in [2.24, 2.45) is 5.84 Å². The lowest BCUT2D eigenvalue weighted by Crippen LogP contribution is -2.39. The molecule has 0 saturated heterocycles. The van der Waals surface area contributed by atoms with Crippen molar-refractivity contribution in [2.45, 2.75) is 33.4 Å². The van der Waals surface area contributed by atoms with E-state index in [4.69, 9.17) is 5.84 Å². The van der Waals surface area contributed by atoms with Gasteiger partial charge < -0.3 is 5.32 Å². The van der Waals surface area contributed by atoms with E-state index in [9.17, 15) is 9.59 Å². The van der Waals surface area contributed by atoms with Crippen LogP contribution in [0.3, 0.4) is 0 Å². The Kier molecular flexibility index (Phi) is 6.84. The Balaban J connectivity index is 2.68. The van der Waals surface area contributed by atoms with Gasteiger partial charge in [-0.3, -0.25) is 19.9 Å². The number of nitrogens with two attached hydrogens (primary N) is 1. The third kappa shape index (κ3) is 5.93. The number of hydrogen-bond acceptors (Lipinski definition) is 4. The van der Waals surface area contributed by atoms with Gasteiger partial charge in [0, 0.05) is 18.2 Å². The summed E-state index contributed by atoms with van der Waals surface area (Å²) in [6.45, 7) is 7.56. The molecule has 2 amide bonds. The summed E-state index contributed by atoms with van der Waals surface area (Å²) in [5.41, 5.74) is 3.59. The molecule has 116 valence electrons. The number of benzene rings is 1. The summed E-state index contributed by atoms with van der Waals surface area (Å²) in [7, 11) is 0. The molecule has 1 aromatic carbocycles. The number of rotatable bonds is 7. The van der Waals surface area contributed by atoms with Crippen LogP contribution in [0.5, 0.6) is 0 Å². The van der Waals surface area contributed by atoms with E-state index in [0.29, 0.717) is 18.7 Å². The van der Waals surface area contributed by atoms with Crippen LogP contribution in [-0.2, 0) is 11.3 Å². The summed E-state index contributed by atoms with van der Waals surface area (Å²) < 4.78 is 0. The fourth-order valence-electron chi connectivity index (χ4n) is 2.00. The average Bonchev–Trinajstić information content (AvgIpc) is 2.45. The number of amides is 2. The topological polar surface area (TPSA) is 87.5 Å². The van der Waals surface area contributed by atoms with E-state index in [1.54, 1.807) is 12.1 Å². The van der Waals surface area contributed by atoms with Crippen molar-refractivity contribution in [1.82, 2.24) is 15.6 Å². The van der Waals surface area contributed by atoms with Crippen molar-refractivity contribution in [3.05, 3.63) is 35.4 Å². The third-order valence-corrected chi connectivity index (χ3v) is 2.99. The Labute approximate surface area is 125 Å². The van der Waals surface area contributed by atoms with Gasteiger partial charge in [-0.2, -0.15) is 0 Å². The minimum absolute atomic E-state index is 0.00251. The summed E-state index contributed by atoms with van der Waals surface area (Å²) in [5.74, 6) is 4.81. The van der Waals surface area contributed by atoms with Gasteiger partial charge >= 0.3 is 0 Å². The Morgan fingerprint density at radius 1 is 1.33 bits per heavy atom. The fourth-order valence-corrected chi connectivity index (χ4v) is 2.00. The van der Waals surface area contributed by atoms with Gasteiger partial charge in [-0.05, 0) is 38.1 Å². The van der Waals surface area contributed by atoms with E-state index in [1.165, 1.54) is 0 Å². The molecule has 0 bridgehead atoms. The molecule has 0 radical (unpaired) electrons. The van der Waals surface area contributed by atoms with Gasteiger partial charge in [-0.15, -0.1) is 0 Å². The lowest BCUT2D eigenvalue weighted by Gasteiger charge is -2.21. The van der Waals surface area contributed by atoms with E-state index in [0.717, 1.165) is 12.1 Å². The molecule has 0 aromatic heterocycles. The Morgan fingerprint density at radius 2 is 2.05 bits per heavy atom. The number of carbonyl (C=O) groups is 2. The summed E-state index contributed by atoms with van der Waals surface area (Å²) >= 11 is 0. The summed E-state index contributed by atoms with van der Waals surface area (Å²) in [5, 5.41) is 2.87. The maximum Gasteiger partial charge on any atom is 0.265 e. The standard InChI is InChI=1S/C15H24N4O2/c1-4-19(10-14(20)17-11(2)3)9-12-6-5-7-13(8-12)15(21)18-16/h5-8,11H,4,9-10,16H2,1-3H3,(H,17,20)(H,18,21). The summed E-state index contributed by atoms with van der Waals surface area (Å²) in [6, 6.07) is 7.35. The smallest absolute Gasteiger partial charge is 0.265 e. The van der Waals surface area contributed by atoms with Crippen molar-refractivity contribution in [1.29, 1.82) is 0 Å². The maximum absolute atomic E-state index is 11.8. The number of nitrogens with zero attached hydrogens (tertiary/aromatic N) is 1. The maximum atomic E-state index is 11.8. The molecular formula is C15H24N4O2. The van der Waals surface area contributed by atoms with E-state index in [1.807, 2.05) is 37.8 Å². The molecule has 0 atom stereocenters. The van der Waals surface area contributed by atoms with Gasteiger partial charge in [0.15, 0.2) is 0 Å². The highest BCUT2D eigenvalue weighted by molar-refractivity contribution is 5.93. The van der Waals surface area contributed by atoms with Gasteiger partial charge in [0.25, 0.3) is 5.91 Å². The zero-order valence-corrected chi connectivity index (χ0v) is 12.8. The summed E-state index contributed by atoms with van der Waals surface area (Å²) in [4.78, 5) is 25.3. The molecule has 0 unspecified atom stereocenters. The number of nitrogens with one attached hydrogen (secondary N) is 2. The zero-order valence-electron chi connectivity index (χ0n) is 12.8. The van der Waals surface area contributed by atoms with Crippen LogP contribution in [0.25, 0.3) is 0 Å². The number of carbonyl (C=O) groups excluding carboxylic acids is 2. The van der Waals surface area contributed by atoms with Crippen LogP contribution >= 0.6 is 0 Å². The van der Waals surface area contributed by atoms with Gasteiger partial charge in [-0.1, -0.05) is 19.1 Å². The first kappa shape index (κ1) is 17.1. The Bertz CT molecular complexity index is 488. The first-order valence-corrected chi connectivity index (χ1v) is 7.07. The lowest BCUT2D eigenvalue weighted by atomic mass is 10.1. The number of nitrogen functional groups attached to an aromatic ring is 1. The van der Waals surface area contributed by atoms with Crippen LogP contribution in [0.15, 0.2) is 24.3 Å². The predicted molar refractivity (Wildman–Crippen MR) is 82.3 cm³/mol. The van der Waals surface area contributed by atoms with Crippen molar-refractivity contribution in [2.75, 3.05) is 13.1 Å². The third-order valence-electron chi connectivity index (χ3n) is 2.99. The van der Waals surface area contributed by atoms with E-state index >= 15 is 0 Å². The minimum atomic E-state index is -0.322. The number of hydrazine groups is 1. The molecule has 0 fully saturated rings. The number of likely N-dealkylation sites (N-methyl/N-ethyl adjacent to an activating group) is 1. The highest BCUT2D eigenvalue weighted by Gasteiger charge is 2.11. The molecule has 1 rings (SSSR count). The Morgan fingerprint density at radius 3 is 2.62 bits per heavy atom. The second kappa shape index (κ2) is 8.39. The average molecular weight is 292 g/mol. The normalized spacial score (nSPS) is 10.8. The second-order valence-corrected chi connectivity index (χ2v) is 5.20. The van der Waals surface area contributed by atoms with E-state index in [2.05, 4.69) is 10.7 Å². The molecule has 0 saturated carbocycles. The van der Waals surface area contributed by atoms with E-state index in [-0.39, 0.29) is 17.9 Å². The highest BCUT2D eigenvalue weighted by atomic mass is 16.2. The molecule has 0 spiro atoms. The molecule has 21 heavy (non-hydrogen) atoms. The van der Waals surface area contributed by atoms with Crippen molar-refractivity contribution >= 4 is 11.8 Å². The zero-order chi connectivity index (χ0) is 15.8. The van der Waals surface area contributed by atoms with E-state index < -0.39 is 0 Å². The van der Waals surface area contributed by atoms with Crippen LogP contribution in [0.2, 0.25) is 0 Å². The lowest BCUT2D eigenvalue weighted by molar-refractivity contribution is -0.122. The molecule has 0 heterocycles. The van der Waals surface area contributed by atoms with Gasteiger partial charge in [0.1, 0.15) is 0 Å². The van der Waals surface area contributed by atoms with Crippen LogP contribution < -0.4 is 16.6 Å². The van der Waals surface area contributed by atoms with Crippen molar-refractivity contribution in [3.8, 4) is 0 Å². The van der Waals surface area contributed by atoms with Crippen molar-refractivity contribution < 1.29 is 9.59 Å². The number of hydrogen-bond donors (Lipinski definition) is 3. The summed E-state index contributed by atoms with van der Waals surface area (Å²) in [6.07, 6.45) is 0. The van der Waals surface area contributed by atoms with Crippen LogP contribution in [0.4, 0.5) is 0 Å².